The minimum atomic E-state index is 0.111. The van der Waals surface area contributed by atoms with E-state index in [2.05, 4.69) is 54.1 Å². The lowest BCUT2D eigenvalue weighted by Crippen LogP contribution is -2.08. The molecule has 0 fully saturated rings. The van der Waals surface area contributed by atoms with Crippen LogP contribution in [0.4, 0.5) is 0 Å². The largest absolute Gasteiger partial charge is 0.340 e. The third-order valence-corrected chi connectivity index (χ3v) is 4.03. The fraction of sp³-hybridized carbons (Fsp3) is 0.211. The number of benzene rings is 2. The quantitative estimate of drug-likeness (QED) is 0.625. The van der Waals surface area contributed by atoms with Crippen molar-refractivity contribution in [1.82, 2.24) is 4.57 Å². The molecule has 0 saturated carbocycles. The first-order chi connectivity index (χ1) is 10.2. The fourth-order valence-electron chi connectivity index (χ4n) is 2.92. The predicted molar refractivity (Wildman–Crippen MR) is 86.8 cm³/mol. The topological polar surface area (TPSA) is 22.0 Å². The number of nitrogens with zero attached hydrogens (tertiary/aromatic N) is 1. The first-order valence-corrected chi connectivity index (χ1v) is 7.37. The highest BCUT2D eigenvalue weighted by Crippen LogP contribution is 2.28. The van der Waals surface area contributed by atoms with Gasteiger partial charge in [-0.2, -0.15) is 0 Å². The molecule has 0 spiro atoms. The number of carbonyl (C=O) groups is 1. The summed E-state index contributed by atoms with van der Waals surface area (Å²) in [7, 11) is 0. The lowest BCUT2D eigenvalue weighted by molar-refractivity contribution is 0.101. The highest BCUT2D eigenvalue weighted by molar-refractivity contribution is 5.98. The second-order valence-electron chi connectivity index (χ2n) is 5.39. The summed E-state index contributed by atoms with van der Waals surface area (Å²) in [5.74, 6) is 0.111. The number of fused-ring (bicyclic) bond motifs is 1. The summed E-state index contributed by atoms with van der Waals surface area (Å²) in [5.41, 5.74) is 3.26. The minimum absolute atomic E-state index is 0.111. The van der Waals surface area contributed by atoms with Crippen molar-refractivity contribution in [3.05, 3.63) is 71.9 Å². The average Bonchev–Trinajstić information content (AvgIpc) is 2.92. The van der Waals surface area contributed by atoms with Gasteiger partial charge in [-0.05, 0) is 43.2 Å². The van der Waals surface area contributed by atoms with Crippen molar-refractivity contribution in [2.24, 2.45) is 0 Å². The van der Waals surface area contributed by atoms with Crippen LogP contribution in [0, 0.1) is 0 Å². The monoisotopic (exact) mass is 277 g/mol. The molecule has 0 amide bonds. The maximum Gasteiger partial charge on any atom is 0.159 e. The highest BCUT2D eigenvalue weighted by atomic mass is 16.1. The number of Topliss-reactive ketones (excluding diaryl/α,β-unsaturated/α-hetero) is 1. The SMILES string of the molecule is CCC(c1ccccc1)n1ccc2cc(C(C)=O)ccc21. The van der Waals surface area contributed by atoms with Crippen LogP contribution in [0.2, 0.25) is 0 Å². The van der Waals surface area contributed by atoms with E-state index in [1.165, 1.54) is 11.1 Å². The number of hydrogen-bond acceptors (Lipinski definition) is 1. The molecular weight excluding hydrogens is 258 g/mol. The van der Waals surface area contributed by atoms with E-state index in [9.17, 15) is 4.79 Å². The average molecular weight is 277 g/mol. The Labute approximate surface area is 125 Å². The van der Waals surface area contributed by atoms with Crippen LogP contribution < -0.4 is 0 Å². The van der Waals surface area contributed by atoms with E-state index in [4.69, 9.17) is 0 Å². The van der Waals surface area contributed by atoms with Crippen molar-refractivity contribution < 1.29 is 4.79 Å². The van der Waals surface area contributed by atoms with Gasteiger partial charge in [0.15, 0.2) is 5.78 Å². The molecule has 3 aromatic rings. The number of rotatable bonds is 4. The highest BCUT2D eigenvalue weighted by Gasteiger charge is 2.14. The number of carbonyl (C=O) groups excluding carboxylic acids is 1. The predicted octanol–water partition coefficient (Wildman–Crippen LogP) is 4.84. The first kappa shape index (κ1) is 13.6. The Balaban J connectivity index is 2.09. The summed E-state index contributed by atoms with van der Waals surface area (Å²) in [6.07, 6.45) is 3.15. The molecule has 2 aromatic carbocycles. The van der Waals surface area contributed by atoms with Crippen molar-refractivity contribution in [2.45, 2.75) is 26.3 Å². The summed E-state index contributed by atoms with van der Waals surface area (Å²) in [6, 6.07) is 18.9. The molecule has 0 aliphatic rings. The molecule has 21 heavy (non-hydrogen) atoms. The van der Waals surface area contributed by atoms with E-state index < -0.39 is 0 Å². The van der Waals surface area contributed by atoms with E-state index in [1.54, 1.807) is 6.92 Å². The summed E-state index contributed by atoms with van der Waals surface area (Å²) >= 11 is 0. The van der Waals surface area contributed by atoms with Crippen molar-refractivity contribution in [3.63, 3.8) is 0 Å². The molecule has 3 rings (SSSR count). The molecule has 2 heteroatoms. The van der Waals surface area contributed by atoms with Gasteiger partial charge in [0.2, 0.25) is 0 Å². The normalized spacial score (nSPS) is 12.5. The standard InChI is InChI=1S/C19H19NO/c1-3-18(15-7-5-4-6-8-15)20-12-11-17-13-16(14(2)21)9-10-19(17)20/h4-13,18H,3H2,1-2H3. The molecule has 1 unspecified atom stereocenters. The maximum atomic E-state index is 11.5. The smallest absolute Gasteiger partial charge is 0.159 e. The summed E-state index contributed by atoms with van der Waals surface area (Å²) < 4.78 is 2.30. The zero-order valence-electron chi connectivity index (χ0n) is 12.4. The lowest BCUT2D eigenvalue weighted by Gasteiger charge is -2.19. The van der Waals surface area contributed by atoms with E-state index in [-0.39, 0.29) is 5.78 Å². The van der Waals surface area contributed by atoms with E-state index in [1.807, 2.05) is 18.2 Å². The number of hydrogen-bond donors (Lipinski definition) is 0. The van der Waals surface area contributed by atoms with Gasteiger partial charge in [-0.3, -0.25) is 4.79 Å². The second-order valence-corrected chi connectivity index (χ2v) is 5.39. The number of aromatic nitrogens is 1. The molecule has 0 saturated heterocycles. The van der Waals surface area contributed by atoms with Gasteiger partial charge in [0.05, 0.1) is 6.04 Å². The molecule has 106 valence electrons. The minimum Gasteiger partial charge on any atom is -0.340 e. The van der Waals surface area contributed by atoms with Crippen LogP contribution in [0.3, 0.4) is 0 Å². The summed E-state index contributed by atoms with van der Waals surface area (Å²) in [6.45, 7) is 3.81. The molecule has 0 aliphatic carbocycles. The number of ketones is 1. The van der Waals surface area contributed by atoms with Gasteiger partial charge in [-0.25, -0.2) is 0 Å². The van der Waals surface area contributed by atoms with E-state index in [0.717, 1.165) is 17.4 Å². The van der Waals surface area contributed by atoms with Gasteiger partial charge in [-0.15, -0.1) is 0 Å². The first-order valence-electron chi connectivity index (χ1n) is 7.37. The van der Waals surface area contributed by atoms with Gasteiger partial charge >= 0.3 is 0 Å². The molecule has 0 radical (unpaired) electrons. The van der Waals surface area contributed by atoms with Gasteiger partial charge < -0.3 is 4.57 Å². The molecule has 0 N–H and O–H groups in total. The summed E-state index contributed by atoms with van der Waals surface area (Å²) in [4.78, 5) is 11.5. The van der Waals surface area contributed by atoms with Crippen LogP contribution in [0.25, 0.3) is 10.9 Å². The van der Waals surface area contributed by atoms with Crippen molar-refractivity contribution in [1.29, 1.82) is 0 Å². The van der Waals surface area contributed by atoms with Crippen LogP contribution in [0.5, 0.6) is 0 Å². The van der Waals surface area contributed by atoms with Crippen LogP contribution in [0.1, 0.15) is 42.2 Å². The van der Waals surface area contributed by atoms with Crippen LogP contribution in [-0.2, 0) is 0 Å². The van der Waals surface area contributed by atoms with Gasteiger partial charge in [0.1, 0.15) is 0 Å². The Morgan fingerprint density at radius 3 is 2.52 bits per heavy atom. The Bertz CT molecular complexity index is 771. The molecular formula is C19H19NO. The third kappa shape index (κ3) is 2.49. The molecule has 0 bridgehead atoms. The zero-order chi connectivity index (χ0) is 14.8. The van der Waals surface area contributed by atoms with Crippen LogP contribution in [0.15, 0.2) is 60.8 Å². The van der Waals surface area contributed by atoms with Gasteiger partial charge in [-0.1, -0.05) is 37.3 Å². The second kappa shape index (κ2) is 5.57. The molecule has 2 nitrogen and oxygen atoms in total. The lowest BCUT2D eigenvalue weighted by atomic mass is 10.0. The zero-order valence-corrected chi connectivity index (χ0v) is 12.4. The molecule has 1 atom stereocenters. The molecule has 0 aliphatic heterocycles. The molecule has 1 heterocycles. The van der Waals surface area contributed by atoms with E-state index >= 15 is 0 Å². The van der Waals surface area contributed by atoms with Crippen molar-refractivity contribution in [2.75, 3.05) is 0 Å². The Kier molecular flexibility index (Phi) is 3.61. The Morgan fingerprint density at radius 1 is 1.10 bits per heavy atom. The van der Waals surface area contributed by atoms with Gasteiger partial charge in [0, 0.05) is 22.7 Å². The Morgan fingerprint density at radius 2 is 1.86 bits per heavy atom. The van der Waals surface area contributed by atoms with Crippen molar-refractivity contribution in [3.8, 4) is 0 Å². The third-order valence-electron chi connectivity index (χ3n) is 4.03. The van der Waals surface area contributed by atoms with Crippen LogP contribution >= 0.6 is 0 Å². The van der Waals surface area contributed by atoms with Crippen molar-refractivity contribution >= 4 is 16.7 Å². The Hall–Kier alpha value is -2.35. The van der Waals surface area contributed by atoms with E-state index in [0.29, 0.717) is 6.04 Å². The molecule has 1 aromatic heterocycles. The summed E-state index contributed by atoms with van der Waals surface area (Å²) in [5, 5.41) is 1.12. The van der Waals surface area contributed by atoms with Crippen LogP contribution in [-0.4, -0.2) is 10.4 Å². The van der Waals surface area contributed by atoms with Gasteiger partial charge in [0.25, 0.3) is 0 Å². The maximum absolute atomic E-state index is 11.5. The fourth-order valence-corrected chi connectivity index (χ4v) is 2.92.